The van der Waals surface area contributed by atoms with Crippen LogP contribution in [0.1, 0.15) is 49.3 Å². The Bertz CT molecular complexity index is 1590. The topological polar surface area (TPSA) is 161 Å². The molecule has 4 heterocycles. The van der Waals surface area contributed by atoms with Crippen LogP contribution in [0.3, 0.4) is 0 Å². The van der Waals surface area contributed by atoms with E-state index in [1.54, 1.807) is 13.0 Å². The minimum Gasteiger partial charge on any atom is -0.484 e. The van der Waals surface area contributed by atoms with E-state index < -0.39 is 53.8 Å². The number of fused-ring (bicyclic) bond motifs is 4. The van der Waals surface area contributed by atoms with Gasteiger partial charge >= 0.3 is 0 Å². The number of benzene rings is 2. The Morgan fingerprint density at radius 3 is 2.52 bits per heavy atom. The van der Waals surface area contributed by atoms with Gasteiger partial charge in [-0.15, -0.1) is 0 Å². The highest BCUT2D eigenvalue weighted by atomic mass is 16.5. The number of hydrogen-bond donors (Lipinski definition) is 4. The van der Waals surface area contributed by atoms with Gasteiger partial charge in [-0.3, -0.25) is 28.9 Å². The minimum atomic E-state index is -1.20. The maximum Gasteiger partial charge on any atom is 0.258 e. The van der Waals surface area contributed by atoms with Crippen molar-refractivity contribution in [3.63, 3.8) is 0 Å². The number of nitrogens with one attached hydrogen (secondary N) is 3. The highest BCUT2D eigenvalue weighted by Gasteiger charge is 2.40. The number of aliphatic hydroxyl groups is 1. The van der Waals surface area contributed by atoms with Crippen LogP contribution in [0.25, 0.3) is 0 Å². The average molecular weight is 689 g/mol. The van der Waals surface area contributed by atoms with Crippen LogP contribution < -0.4 is 20.7 Å². The lowest BCUT2D eigenvalue weighted by Crippen LogP contribution is -2.57. The summed E-state index contributed by atoms with van der Waals surface area (Å²) in [7, 11) is 0. The maximum absolute atomic E-state index is 13.5. The summed E-state index contributed by atoms with van der Waals surface area (Å²) in [4.78, 5) is 71.8. The molecule has 0 aromatic heterocycles. The quantitative estimate of drug-likeness (QED) is 0.360. The molecule has 2 bridgehead atoms. The van der Waals surface area contributed by atoms with E-state index in [0.717, 1.165) is 25.1 Å². The van der Waals surface area contributed by atoms with Crippen LogP contribution in [0.15, 0.2) is 48.5 Å². The van der Waals surface area contributed by atoms with Crippen molar-refractivity contribution in [2.45, 2.75) is 70.1 Å². The third-order valence-electron chi connectivity index (χ3n) is 10.6. The molecule has 0 saturated carbocycles. The Morgan fingerprint density at radius 2 is 1.74 bits per heavy atom. The van der Waals surface area contributed by atoms with Gasteiger partial charge in [0, 0.05) is 39.3 Å². The number of ether oxygens (including phenoxy) is 1. The number of likely N-dealkylation sites (tertiary alicyclic amines) is 1. The highest BCUT2D eigenvalue weighted by Crippen LogP contribution is 2.36. The molecular formula is C37H48N6O7. The summed E-state index contributed by atoms with van der Waals surface area (Å²) in [5, 5.41) is 18.5. The third kappa shape index (κ3) is 8.27. The van der Waals surface area contributed by atoms with Gasteiger partial charge in [0.2, 0.25) is 23.6 Å². The van der Waals surface area contributed by atoms with Crippen LogP contribution in [0.2, 0.25) is 0 Å². The SMILES string of the molecule is C[C@@H]1NC(=O)COc2cccc(c2)CC2(CCN(C(=O)CN3CCc4ccccc4C3)CC2)CNC(=O)[C@H](CO)NC(=O)[C@@H]2CCCN2C1=O. The molecule has 2 aromatic carbocycles. The number of piperidine rings is 1. The van der Waals surface area contributed by atoms with E-state index in [9.17, 15) is 29.1 Å². The Morgan fingerprint density at radius 1 is 0.960 bits per heavy atom. The summed E-state index contributed by atoms with van der Waals surface area (Å²) in [5.41, 5.74) is 3.12. The molecule has 50 heavy (non-hydrogen) atoms. The number of aliphatic hydroxyl groups excluding tert-OH is 1. The van der Waals surface area contributed by atoms with Crippen LogP contribution in [-0.2, 0) is 43.4 Å². The van der Waals surface area contributed by atoms with Gasteiger partial charge in [0.25, 0.3) is 5.91 Å². The van der Waals surface area contributed by atoms with Crippen LogP contribution in [0.5, 0.6) is 5.75 Å². The average Bonchev–Trinajstić information content (AvgIpc) is 3.62. The Balaban J connectivity index is 1.17. The van der Waals surface area contributed by atoms with Crippen molar-refractivity contribution < 1.29 is 33.8 Å². The van der Waals surface area contributed by atoms with Crippen molar-refractivity contribution in [1.82, 2.24) is 30.7 Å². The molecule has 4 aliphatic rings. The number of rotatable bonds is 3. The van der Waals surface area contributed by atoms with Gasteiger partial charge in [-0.05, 0) is 79.7 Å². The summed E-state index contributed by atoms with van der Waals surface area (Å²) in [6, 6.07) is 12.9. The highest BCUT2D eigenvalue weighted by molar-refractivity contribution is 5.94. The van der Waals surface area contributed by atoms with Gasteiger partial charge < -0.3 is 35.6 Å². The van der Waals surface area contributed by atoms with Gasteiger partial charge in [0.15, 0.2) is 6.61 Å². The standard InChI is InChI=1S/C37H48N6O7/c1-25-36(49)43-14-5-10-31(43)35(48)40-30(22-44)34(47)38-24-37(19-26-6-4-9-29(18-26)50-23-32(45)39-25)12-16-42(17-13-37)33(46)21-41-15-11-27-7-2-3-8-28(27)20-41/h2-4,6-9,18,25,30-31,44H,5,10-17,19-24H2,1H3,(H,38,47)(H,39,45)(H,40,48)/t25-,30-,31-/m0/s1. The second-order valence-corrected chi connectivity index (χ2v) is 14.2. The van der Waals surface area contributed by atoms with Crippen LogP contribution in [0, 0.1) is 5.41 Å². The van der Waals surface area contributed by atoms with Crippen molar-refractivity contribution in [2.75, 3.05) is 52.5 Å². The molecular weight excluding hydrogens is 640 g/mol. The largest absolute Gasteiger partial charge is 0.484 e. The zero-order chi connectivity index (χ0) is 35.3. The van der Waals surface area contributed by atoms with Crippen LogP contribution >= 0.6 is 0 Å². The lowest BCUT2D eigenvalue weighted by Gasteiger charge is -2.43. The van der Waals surface area contributed by atoms with Crippen molar-refractivity contribution in [2.24, 2.45) is 5.41 Å². The fourth-order valence-electron chi connectivity index (χ4n) is 7.71. The Labute approximate surface area is 292 Å². The van der Waals surface area contributed by atoms with Crippen LogP contribution in [0.4, 0.5) is 0 Å². The van der Waals surface area contributed by atoms with Gasteiger partial charge in [0.05, 0.1) is 13.2 Å². The number of carbonyl (C=O) groups excluding carboxylic acids is 5. The first kappa shape index (κ1) is 35.3. The van der Waals surface area contributed by atoms with E-state index in [-0.39, 0.29) is 19.1 Å². The summed E-state index contributed by atoms with van der Waals surface area (Å²) in [6.07, 6.45) is 3.74. The minimum absolute atomic E-state index is 0.0878. The molecule has 6 rings (SSSR count). The number of carbonyl (C=O) groups is 5. The number of amides is 5. The monoisotopic (exact) mass is 688 g/mol. The molecule has 2 fully saturated rings. The molecule has 2 saturated heterocycles. The van der Waals surface area contributed by atoms with Gasteiger partial charge in [-0.2, -0.15) is 0 Å². The van der Waals surface area contributed by atoms with E-state index in [0.29, 0.717) is 64.0 Å². The summed E-state index contributed by atoms with van der Waals surface area (Å²) < 4.78 is 5.82. The molecule has 3 atom stereocenters. The predicted octanol–water partition coefficient (Wildman–Crippen LogP) is 0.378. The first-order valence-electron chi connectivity index (χ1n) is 17.7. The Kier molecular flexibility index (Phi) is 11.0. The smallest absolute Gasteiger partial charge is 0.258 e. The molecule has 5 amide bonds. The first-order valence-corrected chi connectivity index (χ1v) is 17.7. The molecule has 0 unspecified atom stereocenters. The van der Waals surface area contributed by atoms with Crippen molar-refractivity contribution in [1.29, 1.82) is 0 Å². The molecule has 0 radical (unpaired) electrons. The van der Waals surface area contributed by atoms with E-state index in [4.69, 9.17) is 4.74 Å². The molecule has 0 aliphatic carbocycles. The van der Waals surface area contributed by atoms with E-state index in [1.165, 1.54) is 16.0 Å². The van der Waals surface area contributed by atoms with Crippen molar-refractivity contribution in [3.8, 4) is 5.75 Å². The van der Waals surface area contributed by atoms with Gasteiger partial charge in [-0.1, -0.05) is 36.4 Å². The van der Waals surface area contributed by atoms with Crippen molar-refractivity contribution in [3.05, 3.63) is 65.2 Å². The first-order chi connectivity index (χ1) is 24.1. The van der Waals surface area contributed by atoms with E-state index in [2.05, 4.69) is 39.0 Å². The number of hydrogen-bond acceptors (Lipinski definition) is 8. The van der Waals surface area contributed by atoms with Crippen molar-refractivity contribution >= 4 is 29.5 Å². The summed E-state index contributed by atoms with van der Waals surface area (Å²) in [5.74, 6) is -1.33. The van der Waals surface area contributed by atoms with E-state index in [1.807, 2.05) is 29.2 Å². The Hall–Kier alpha value is -4.49. The molecule has 4 N–H and O–H groups in total. The molecule has 13 nitrogen and oxygen atoms in total. The van der Waals surface area contributed by atoms with Gasteiger partial charge in [0.1, 0.15) is 23.9 Å². The zero-order valence-electron chi connectivity index (χ0n) is 28.7. The van der Waals surface area contributed by atoms with Crippen LogP contribution in [-0.4, -0.2) is 120 Å². The number of nitrogens with zero attached hydrogens (tertiary/aromatic N) is 3. The fraction of sp³-hybridized carbons (Fsp3) is 0.541. The normalized spacial score (nSPS) is 25.2. The molecule has 13 heteroatoms. The molecule has 1 spiro atoms. The maximum atomic E-state index is 13.5. The molecule has 4 aliphatic heterocycles. The summed E-state index contributed by atoms with van der Waals surface area (Å²) >= 11 is 0. The lowest BCUT2D eigenvalue weighted by atomic mass is 9.73. The third-order valence-corrected chi connectivity index (χ3v) is 10.6. The molecule has 268 valence electrons. The fourth-order valence-corrected chi connectivity index (χ4v) is 7.71. The predicted molar refractivity (Wildman–Crippen MR) is 184 cm³/mol. The second-order valence-electron chi connectivity index (χ2n) is 14.2. The summed E-state index contributed by atoms with van der Waals surface area (Å²) in [6.45, 7) is 4.26. The lowest BCUT2D eigenvalue weighted by molar-refractivity contribution is -0.142. The zero-order valence-corrected chi connectivity index (χ0v) is 28.7. The van der Waals surface area contributed by atoms with E-state index >= 15 is 0 Å². The molecule has 2 aromatic rings. The second kappa shape index (κ2) is 15.6. The van der Waals surface area contributed by atoms with Gasteiger partial charge in [-0.25, -0.2) is 0 Å².